The van der Waals surface area contributed by atoms with E-state index in [1.54, 1.807) is 25.1 Å². The van der Waals surface area contributed by atoms with Gasteiger partial charge in [0.2, 0.25) is 0 Å². The number of carbonyl (C=O) groups excluding carboxylic acids is 1. The van der Waals surface area contributed by atoms with E-state index in [0.717, 1.165) is 27.4 Å². The molecule has 4 aromatic rings. The maximum Gasteiger partial charge on any atom is 0.272 e. The standard InChI is InChI=1S/C29H26ClNO3S/c1-21-12-13-22(2)28(20-21)31(35(33,34)26-18-16-25(30)17-19-26)29(32)27-11-7-6-10-24(27)15-14-23-8-4-3-5-9-23/h3-13,16-20H,14-15H2,1-2H3. The molecule has 0 heterocycles. The van der Waals surface area contributed by atoms with Gasteiger partial charge in [-0.1, -0.05) is 72.3 Å². The quantitative estimate of drug-likeness (QED) is 0.279. The number of benzene rings is 4. The first kappa shape index (κ1) is 24.7. The molecule has 0 spiro atoms. The lowest BCUT2D eigenvalue weighted by Gasteiger charge is -2.25. The summed E-state index contributed by atoms with van der Waals surface area (Å²) in [5, 5.41) is 0.417. The summed E-state index contributed by atoms with van der Waals surface area (Å²) in [6.45, 7) is 3.67. The van der Waals surface area contributed by atoms with E-state index in [1.165, 1.54) is 24.3 Å². The van der Waals surface area contributed by atoms with Crippen molar-refractivity contribution in [1.29, 1.82) is 0 Å². The van der Waals surface area contributed by atoms with Crippen LogP contribution in [0.5, 0.6) is 0 Å². The number of hydrogen-bond donors (Lipinski definition) is 0. The van der Waals surface area contributed by atoms with Crippen LogP contribution in [0.1, 0.15) is 32.6 Å². The monoisotopic (exact) mass is 503 g/mol. The van der Waals surface area contributed by atoms with Gasteiger partial charge in [-0.25, -0.2) is 8.42 Å². The summed E-state index contributed by atoms with van der Waals surface area (Å²) >= 11 is 5.99. The average molecular weight is 504 g/mol. The van der Waals surface area contributed by atoms with Crippen LogP contribution in [-0.2, 0) is 22.9 Å². The van der Waals surface area contributed by atoms with Crippen LogP contribution in [-0.4, -0.2) is 14.3 Å². The summed E-state index contributed by atoms with van der Waals surface area (Å²) in [7, 11) is -4.22. The molecule has 0 unspecified atom stereocenters. The van der Waals surface area contributed by atoms with Crippen LogP contribution in [0, 0.1) is 13.8 Å². The Morgan fingerprint density at radius 2 is 1.46 bits per heavy atom. The molecule has 4 nitrogen and oxygen atoms in total. The predicted octanol–water partition coefficient (Wildman–Crippen LogP) is 6.78. The number of rotatable bonds is 7. The molecule has 0 fully saturated rings. The third-order valence-corrected chi connectivity index (χ3v) is 7.86. The molecule has 35 heavy (non-hydrogen) atoms. The minimum Gasteiger partial charge on any atom is -0.268 e. The molecular weight excluding hydrogens is 478 g/mol. The lowest BCUT2D eigenvalue weighted by Crippen LogP contribution is -2.38. The first-order valence-corrected chi connectivity index (χ1v) is 13.1. The van der Waals surface area contributed by atoms with Crippen molar-refractivity contribution in [2.75, 3.05) is 4.31 Å². The van der Waals surface area contributed by atoms with Crippen LogP contribution in [0.25, 0.3) is 0 Å². The van der Waals surface area contributed by atoms with E-state index in [0.29, 0.717) is 28.3 Å². The normalized spacial score (nSPS) is 11.3. The molecule has 0 saturated carbocycles. The van der Waals surface area contributed by atoms with Crippen molar-refractivity contribution >= 4 is 33.2 Å². The van der Waals surface area contributed by atoms with Crippen molar-refractivity contribution in [2.24, 2.45) is 0 Å². The summed E-state index contributed by atoms with van der Waals surface area (Å²) in [4.78, 5) is 14.0. The maximum atomic E-state index is 14.0. The number of aryl methyl sites for hydroxylation is 4. The van der Waals surface area contributed by atoms with Crippen LogP contribution in [0.3, 0.4) is 0 Å². The Kier molecular flexibility index (Phi) is 7.39. The molecule has 0 bridgehead atoms. The molecule has 178 valence electrons. The SMILES string of the molecule is Cc1ccc(C)c(N(C(=O)c2ccccc2CCc2ccccc2)S(=O)(=O)c2ccc(Cl)cc2)c1. The lowest BCUT2D eigenvalue weighted by atomic mass is 9.99. The fourth-order valence-corrected chi connectivity index (χ4v) is 5.57. The van der Waals surface area contributed by atoms with Gasteiger partial charge in [-0.05, 0) is 85.3 Å². The summed E-state index contributed by atoms with van der Waals surface area (Å²) in [5.41, 5.74) is 4.18. The van der Waals surface area contributed by atoms with E-state index >= 15 is 0 Å². The molecule has 0 aliphatic heterocycles. The fraction of sp³-hybridized carbons (Fsp3) is 0.138. The van der Waals surface area contributed by atoms with Gasteiger partial charge in [-0.3, -0.25) is 4.79 Å². The highest BCUT2D eigenvalue weighted by Gasteiger charge is 2.33. The topological polar surface area (TPSA) is 54.5 Å². The van der Waals surface area contributed by atoms with Gasteiger partial charge in [-0.2, -0.15) is 4.31 Å². The molecule has 4 rings (SSSR count). The number of sulfonamides is 1. The van der Waals surface area contributed by atoms with Gasteiger partial charge in [0.1, 0.15) is 0 Å². The molecule has 0 aromatic heterocycles. The van der Waals surface area contributed by atoms with Crippen molar-refractivity contribution < 1.29 is 13.2 Å². The van der Waals surface area contributed by atoms with Crippen LogP contribution < -0.4 is 4.31 Å². The first-order chi connectivity index (χ1) is 16.8. The zero-order valence-electron chi connectivity index (χ0n) is 19.6. The van der Waals surface area contributed by atoms with Crippen molar-refractivity contribution in [2.45, 2.75) is 31.6 Å². The van der Waals surface area contributed by atoms with E-state index in [4.69, 9.17) is 11.6 Å². The van der Waals surface area contributed by atoms with Crippen LogP contribution >= 0.6 is 11.6 Å². The van der Waals surface area contributed by atoms with Gasteiger partial charge in [0, 0.05) is 10.6 Å². The van der Waals surface area contributed by atoms with Crippen molar-refractivity contribution in [3.63, 3.8) is 0 Å². The Hall–Kier alpha value is -3.41. The van der Waals surface area contributed by atoms with E-state index in [1.807, 2.05) is 61.5 Å². The highest BCUT2D eigenvalue weighted by molar-refractivity contribution is 7.93. The molecule has 1 amide bonds. The van der Waals surface area contributed by atoms with Gasteiger partial charge < -0.3 is 0 Å². The van der Waals surface area contributed by atoms with Crippen LogP contribution in [0.4, 0.5) is 5.69 Å². The third kappa shape index (κ3) is 5.47. The van der Waals surface area contributed by atoms with Gasteiger partial charge in [0.15, 0.2) is 0 Å². The van der Waals surface area contributed by atoms with E-state index in [9.17, 15) is 13.2 Å². The maximum absolute atomic E-state index is 14.0. The minimum absolute atomic E-state index is 0.00192. The van der Waals surface area contributed by atoms with Gasteiger partial charge in [0.05, 0.1) is 10.6 Å². The summed E-state index contributed by atoms with van der Waals surface area (Å²) in [6, 6.07) is 28.5. The first-order valence-electron chi connectivity index (χ1n) is 11.3. The van der Waals surface area contributed by atoms with Crippen LogP contribution in [0.2, 0.25) is 5.02 Å². The van der Waals surface area contributed by atoms with E-state index in [2.05, 4.69) is 0 Å². The molecule has 0 aliphatic carbocycles. The second-order valence-electron chi connectivity index (χ2n) is 8.46. The summed E-state index contributed by atoms with van der Waals surface area (Å²) < 4.78 is 28.7. The second-order valence-corrected chi connectivity index (χ2v) is 10.7. The van der Waals surface area contributed by atoms with Crippen molar-refractivity contribution in [3.05, 3.63) is 130 Å². The Morgan fingerprint density at radius 3 is 2.17 bits per heavy atom. The largest absolute Gasteiger partial charge is 0.272 e. The van der Waals surface area contributed by atoms with E-state index < -0.39 is 15.9 Å². The third-order valence-electron chi connectivity index (χ3n) is 5.89. The van der Waals surface area contributed by atoms with Crippen molar-refractivity contribution in [3.8, 4) is 0 Å². The number of carbonyl (C=O) groups is 1. The zero-order valence-corrected chi connectivity index (χ0v) is 21.2. The summed E-state index contributed by atoms with van der Waals surface area (Å²) in [5.74, 6) is -0.586. The van der Waals surface area contributed by atoms with Gasteiger partial charge in [-0.15, -0.1) is 0 Å². The highest BCUT2D eigenvalue weighted by atomic mass is 35.5. The average Bonchev–Trinajstić information content (AvgIpc) is 2.86. The Labute approximate surface area is 211 Å². The van der Waals surface area contributed by atoms with Gasteiger partial charge >= 0.3 is 0 Å². The van der Waals surface area contributed by atoms with E-state index in [-0.39, 0.29) is 4.90 Å². The molecule has 6 heteroatoms. The zero-order chi connectivity index (χ0) is 25.0. The smallest absolute Gasteiger partial charge is 0.268 e. The van der Waals surface area contributed by atoms with Crippen molar-refractivity contribution in [1.82, 2.24) is 0 Å². The summed E-state index contributed by atoms with van der Waals surface area (Å²) in [6.07, 6.45) is 1.34. The molecule has 0 saturated heterocycles. The van der Waals surface area contributed by atoms with Crippen LogP contribution in [0.15, 0.2) is 102 Å². The number of nitrogens with zero attached hydrogens (tertiary/aromatic N) is 1. The minimum atomic E-state index is -4.22. The molecule has 4 aromatic carbocycles. The number of hydrogen-bond acceptors (Lipinski definition) is 3. The Balaban J connectivity index is 1.81. The fourth-order valence-electron chi connectivity index (χ4n) is 3.98. The predicted molar refractivity (Wildman–Crippen MR) is 142 cm³/mol. The molecule has 0 atom stereocenters. The number of anilines is 1. The number of halogens is 1. The lowest BCUT2D eigenvalue weighted by molar-refractivity contribution is 0.100. The Morgan fingerprint density at radius 1 is 0.800 bits per heavy atom. The molecule has 0 N–H and O–H groups in total. The Bertz CT molecular complexity index is 1450. The molecule has 0 aliphatic rings. The molecule has 0 radical (unpaired) electrons. The molecular formula is C29H26ClNO3S. The number of amides is 1. The second kappa shape index (κ2) is 10.5. The highest BCUT2D eigenvalue weighted by Crippen LogP contribution is 2.31. The van der Waals surface area contributed by atoms with Gasteiger partial charge in [0.25, 0.3) is 15.9 Å².